The van der Waals surface area contributed by atoms with Gasteiger partial charge in [-0.1, -0.05) is 0 Å². The van der Waals surface area contributed by atoms with Crippen molar-refractivity contribution in [3.63, 3.8) is 0 Å². The van der Waals surface area contributed by atoms with Gasteiger partial charge in [0.1, 0.15) is 0 Å². The Balaban J connectivity index is 1.49. The van der Waals surface area contributed by atoms with Crippen molar-refractivity contribution >= 4 is 23.0 Å². The van der Waals surface area contributed by atoms with Crippen LogP contribution in [0, 0.1) is 6.92 Å². The first-order valence-electron chi connectivity index (χ1n) is 9.43. The summed E-state index contributed by atoms with van der Waals surface area (Å²) in [6.07, 6.45) is 7.16. The maximum absolute atomic E-state index is 12.7. The molecule has 0 aromatic carbocycles. The standard InChI is InChI=1S/C21H20N6O2/c1-12-3-5-22-8-16(12)17-7-15-18(9-23-17)25-21(28)20(15)13(2)24-19-4-6-27(26-19)14-10-29-11-14/h3-9,14H,10-11H2,1-2H3,(H,24,26)(H,25,28)/b20-13-. The van der Waals surface area contributed by atoms with Crippen LogP contribution < -0.4 is 10.6 Å². The molecule has 146 valence electrons. The number of carbonyl (C=O) groups excluding carboxylic acids is 1. The number of nitrogens with zero attached hydrogens (tertiary/aromatic N) is 4. The molecule has 2 N–H and O–H groups in total. The lowest BCUT2D eigenvalue weighted by atomic mass is 10.0. The highest BCUT2D eigenvalue weighted by molar-refractivity contribution is 6.32. The average Bonchev–Trinajstić information content (AvgIpc) is 3.23. The number of fused-ring (bicyclic) bond motifs is 1. The van der Waals surface area contributed by atoms with E-state index in [1.54, 1.807) is 18.6 Å². The number of pyridine rings is 2. The number of carbonyl (C=O) groups is 1. The van der Waals surface area contributed by atoms with Gasteiger partial charge >= 0.3 is 0 Å². The molecule has 1 saturated heterocycles. The number of ether oxygens (including phenoxy) is 1. The van der Waals surface area contributed by atoms with Crippen molar-refractivity contribution in [3.05, 3.63) is 59.8 Å². The monoisotopic (exact) mass is 388 g/mol. The Morgan fingerprint density at radius 3 is 2.90 bits per heavy atom. The van der Waals surface area contributed by atoms with Crippen molar-refractivity contribution < 1.29 is 9.53 Å². The van der Waals surface area contributed by atoms with Crippen LogP contribution in [0.1, 0.15) is 24.1 Å². The molecule has 1 fully saturated rings. The maximum Gasteiger partial charge on any atom is 0.258 e. The largest absolute Gasteiger partial charge is 0.377 e. The Labute approximate surface area is 167 Å². The molecule has 8 nitrogen and oxygen atoms in total. The molecule has 8 heteroatoms. The van der Waals surface area contributed by atoms with E-state index < -0.39 is 0 Å². The predicted octanol–water partition coefficient (Wildman–Crippen LogP) is 3.02. The first kappa shape index (κ1) is 17.6. The fourth-order valence-electron chi connectivity index (χ4n) is 3.56. The molecule has 0 unspecified atom stereocenters. The average molecular weight is 388 g/mol. The zero-order valence-electron chi connectivity index (χ0n) is 16.1. The Morgan fingerprint density at radius 2 is 2.14 bits per heavy atom. The van der Waals surface area contributed by atoms with Gasteiger partial charge in [-0.25, -0.2) is 0 Å². The third kappa shape index (κ3) is 3.07. The fourth-order valence-corrected chi connectivity index (χ4v) is 3.56. The normalized spacial score (nSPS) is 17.5. The molecule has 0 spiro atoms. The summed E-state index contributed by atoms with van der Waals surface area (Å²) < 4.78 is 7.10. The number of nitrogens with one attached hydrogen (secondary N) is 2. The first-order chi connectivity index (χ1) is 14.1. The Morgan fingerprint density at radius 1 is 1.28 bits per heavy atom. The molecular formula is C21H20N6O2. The number of allylic oxidation sites excluding steroid dienone is 1. The van der Waals surface area contributed by atoms with E-state index in [2.05, 4.69) is 25.7 Å². The predicted molar refractivity (Wildman–Crippen MR) is 109 cm³/mol. The number of rotatable bonds is 4. The summed E-state index contributed by atoms with van der Waals surface area (Å²) in [5, 5.41) is 10.7. The van der Waals surface area contributed by atoms with Gasteiger partial charge in [-0.2, -0.15) is 5.10 Å². The van der Waals surface area contributed by atoms with Gasteiger partial charge in [0.05, 0.1) is 42.4 Å². The van der Waals surface area contributed by atoms with E-state index in [4.69, 9.17) is 4.74 Å². The summed E-state index contributed by atoms with van der Waals surface area (Å²) in [6.45, 7) is 5.26. The highest BCUT2D eigenvalue weighted by Crippen LogP contribution is 2.36. The third-order valence-corrected chi connectivity index (χ3v) is 5.26. The van der Waals surface area contributed by atoms with Crippen molar-refractivity contribution in [1.29, 1.82) is 0 Å². The molecule has 0 radical (unpaired) electrons. The van der Waals surface area contributed by atoms with Crippen molar-refractivity contribution in [2.45, 2.75) is 19.9 Å². The second kappa shape index (κ2) is 6.82. The van der Waals surface area contributed by atoms with Crippen LogP contribution >= 0.6 is 0 Å². The van der Waals surface area contributed by atoms with E-state index in [1.165, 1.54) is 0 Å². The van der Waals surface area contributed by atoms with Gasteiger partial charge in [0.15, 0.2) is 5.82 Å². The van der Waals surface area contributed by atoms with E-state index in [-0.39, 0.29) is 11.9 Å². The van der Waals surface area contributed by atoms with Crippen LogP contribution in [0.15, 0.2) is 48.7 Å². The number of aryl methyl sites for hydroxylation is 1. The highest BCUT2D eigenvalue weighted by Gasteiger charge is 2.28. The molecule has 1 amide bonds. The molecule has 5 heterocycles. The van der Waals surface area contributed by atoms with Crippen LogP contribution in [0.3, 0.4) is 0 Å². The summed E-state index contributed by atoms with van der Waals surface area (Å²) in [5.41, 5.74) is 5.65. The molecule has 0 saturated carbocycles. The second-order valence-corrected chi connectivity index (χ2v) is 7.26. The van der Waals surface area contributed by atoms with Crippen LogP contribution in [-0.4, -0.2) is 38.9 Å². The van der Waals surface area contributed by atoms with E-state index >= 15 is 0 Å². The van der Waals surface area contributed by atoms with Gasteiger partial charge in [-0.3, -0.25) is 19.4 Å². The Bertz CT molecular complexity index is 1150. The minimum atomic E-state index is -0.154. The quantitative estimate of drug-likeness (QED) is 0.668. The topological polar surface area (TPSA) is 94.0 Å². The number of aromatic nitrogens is 4. The molecule has 29 heavy (non-hydrogen) atoms. The molecule has 2 aliphatic heterocycles. The van der Waals surface area contributed by atoms with Gasteiger partial charge in [0.2, 0.25) is 0 Å². The minimum absolute atomic E-state index is 0.154. The minimum Gasteiger partial charge on any atom is -0.377 e. The molecule has 3 aromatic rings. The summed E-state index contributed by atoms with van der Waals surface area (Å²) in [4.78, 5) is 21.4. The maximum atomic E-state index is 12.7. The van der Waals surface area contributed by atoms with Crippen molar-refractivity contribution in [2.24, 2.45) is 0 Å². The second-order valence-electron chi connectivity index (χ2n) is 7.26. The van der Waals surface area contributed by atoms with Crippen LogP contribution in [0.4, 0.5) is 11.5 Å². The van der Waals surface area contributed by atoms with E-state index in [0.717, 1.165) is 28.1 Å². The fraction of sp³-hybridized carbons (Fsp3) is 0.238. The zero-order valence-corrected chi connectivity index (χ0v) is 16.1. The lowest BCUT2D eigenvalue weighted by Gasteiger charge is -2.25. The van der Waals surface area contributed by atoms with Crippen LogP contribution in [-0.2, 0) is 9.53 Å². The van der Waals surface area contributed by atoms with E-state index in [0.29, 0.717) is 30.3 Å². The van der Waals surface area contributed by atoms with E-state index in [1.807, 2.05) is 42.9 Å². The third-order valence-electron chi connectivity index (χ3n) is 5.26. The lowest BCUT2D eigenvalue weighted by Crippen LogP contribution is -2.30. The van der Waals surface area contributed by atoms with Gasteiger partial charge in [-0.15, -0.1) is 0 Å². The van der Waals surface area contributed by atoms with Gasteiger partial charge in [-0.05, 0) is 31.5 Å². The molecule has 0 atom stereocenters. The van der Waals surface area contributed by atoms with Gasteiger partial charge < -0.3 is 15.4 Å². The summed E-state index contributed by atoms with van der Waals surface area (Å²) in [7, 11) is 0. The van der Waals surface area contributed by atoms with Crippen molar-refractivity contribution in [1.82, 2.24) is 19.7 Å². The lowest BCUT2D eigenvalue weighted by molar-refractivity contribution is -0.110. The first-order valence-corrected chi connectivity index (χ1v) is 9.43. The number of amides is 1. The molecule has 0 aliphatic carbocycles. The van der Waals surface area contributed by atoms with Gasteiger partial charge in [0, 0.05) is 41.5 Å². The van der Waals surface area contributed by atoms with Crippen molar-refractivity contribution in [2.75, 3.05) is 23.8 Å². The Hall–Kier alpha value is -3.52. The van der Waals surface area contributed by atoms with Crippen molar-refractivity contribution in [3.8, 4) is 11.3 Å². The SMILES string of the molecule is C/C(Nc1ccn(C2COC2)n1)=C1/C(=O)Nc2cnc(-c3cnccc3C)cc21. The smallest absolute Gasteiger partial charge is 0.258 e. The summed E-state index contributed by atoms with van der Waals surface area (Å²) in [5.74, 6) is 0.541. The molecule has 3 aromatic heterocycles. The molecule has 2 aliphatic rings. The number of hydrogen-bond acceptors (Lipinski definition) is 6. The molecule has 0 bridgehead atoms. The summed E-state index contributed by atoms with van der Waals surface area (Å²) >= 11 is 0. The van der Waals surface area contributed by atoms with Crippen LogP contribution in [0.25, 0.3) is 16.8 Å². The Kier molecular flexibility index (Phi) is 4.13. The number of anilines is 2. The highest BCUT2D eigenvalue weighted by atomic mass is 16.5. The zero-order chi connectivity index (χ0) is 20.0. The number of hydrogen-bond donors (Lipinski definition) is 2. The molecular weight excluding hydrogens is 368 g/mol. The summed E-state index contributed by atoms with van der Waals surface area (Å²) in [6, 6.07) is 6.06. The van der Waals surface area contributed by atoms with Crippen LogP contribution in [0.2, 0.25) is 0 Å². The van der Waals surface area contributed by atoms with Crippen LogP contribution in [0.5, 0.6) is 0 Å². The van der Waals surface area contributed by atoms with Gasteiger partial charge in [0.25, 0.3) is 5.91 Å². The molecule has 5 rings (SSSR count). The van der Waals surface area contributed by atoms with E-state index in [9.17, 15) is 4.79 Å².